The number of nitrogens with zero attached hydrogens (tertiary/aromatic N) is 1. The van der Waals surface area contributed by atoms with E-state index in [1.807, 2.05) is 6.92 Å². The Morgan fingerprint density at radius 3 is 2.75 bits per heavy atom. The number of aldehydes is 1. The second-order valence-corrected chi connectivity index (χ2v) is 4.36. The Bertz CT molecular complexity index is 438. The standard InChI is InChI=1S/C14H21NO5/c1-4-14(17,6-8-16)12-5-7-15-13(19-3)11(12)9-20-10-18-2/h5,7-8,17H,4,6,9-10H2,1-3H3/t14-/m1/s1. The van der Waals surface area contributed by atoms with E-state index in [2.05, 4.69) is 4.98 Å². The van der Waals surface area contributed by atoms with Crippen molar-refractivity contribution in [1.82, 2.24) is 4.98 Å². The van der Waals surface area contributed by atoms with E-state index in [1.165, 1.54) is 14.2 Å². The number of hydrogen-bond acceptors (Lipinski definition) is 6. The highest BCUT2D eigenvalue weighted by Crippen LogP contribution is 2.34. The summed E-state index contributed by atoms with van der Waals surface area (Å²) >= 11 is 0. The molecular weight excluding hydrogens is 262 g/mol. The number of aliphatic hydroxyl groups is 1. The van der Waals surface area contributed by atoms with Crippen LogP contribution >= 0.6 is 0 Å². The number of aromatic nitrogens is 1. The predicted molar refractivity (Wildman–Crippen MR) is 72.3 cm³/mol. The largest absolute Gasteiger partial charge is 0.481 e. The van der Waals surface area contributed by atoms with Gasteiger partial charge in [0.05, 0.1) is 19.3 Å². The van der Waals surface area contributed by atoms with Crippen LogP contribution in [0.4, 0.5) is 0 Å². The quantitative estimate of drug-likeness (QED) is 0.419. The SMILES string of the molecule is CC[C@@](O)(CC=O)c1ccnc(OC)c1COCOC. The van der Waals surface area contributed by atoms with Crippen LogP contribution in [0.5, 0.6) is 5.88 Å². The molecule has 0 aliphatic heterocycles. The first-order valence-corrected chi connectivity index (χ1v) is 6.38. The molecule has 20 heavy (non-hydrogen) atoms. The highest BCUT2D eigenvalue weighted by Gasteiger charge is 2.31. The van der Waals surface area contributed by atoms with Gasteiger partial charge in [0.25, 0.3) is 0 Å². The second kappa shape index (κ2) is 7.94. The summed E-state index contributed by atoms with van der Waals surface area (Å²) in [7, 11) is 3.02. The summed E-state index contributed by atoms with van der Waals surface area (Å²) in [6, 6.07) is 1.68. The van der Waals surface area contributed by atoms with Crippen LogP contribution in [0.15, 0.2) is 12.3 Å². The third kappa shape index (κ3) is 3.75. The molecule has 0 amide bonds. The maximum absolute atomic E-state index is 10.8. The Labute approximate surface area is 118 Å². The van der Waals surface area contributed by atoms with E-state index < -0.39 is 5.60 Å². The Morgan fingerprint density at radius 2 is 2.20 bits per heavy atom. The summed E-state index contributed by atoms with van der Waals surface area (Å²) in [6.45, 7) is 2.12. The van der Waals surface area contributed by atoms with Crippen molar-refractivity contribution in [3.8, 4) is 5.88 Å². The van der Waals surface area contributed by atoms with Gasteiger partial charge in [0.15, 0.2) is 0 Å². The number of carbonyl (C=O) groups excluding carboxylic acids is 1. The molecule has 6 nitrogen and oxygen atoms in total. The molecule has 0 aromatic carbocycles. The van der Waals surface area contributed by atoms with Gasteiger partial charge < -0.3 is 24.1 Å². The minimum absolute atomic E-state index is 0.00788. The average Bonchev–Trinajstić information content (AvgIpc) is 2.47. The summed E-state index contributed by atoms with van der Waals surface area (Å²) < 4.78 is 15.4. The molecule has 1 aromatic rings. The average molecular weight is 283 g/mol. The van der Waals surface area contributed by atoms with E-state index in [1.54, 1.807) is 12.3 Å². The molecule has 0 spiro atoms. The Hall–Kier alpha value is -1.50. The fourth-order valence-corrected chi connectivity index (χ4v) is 2.03. The molecule has 0 bridgehead atoms. The van der Waals surface area contributed by atoms with Gasteiger partial charge in [-0.1, -0.05) is 6.92 Å². The summed E-state index contributed by atoms with van der Waals surface area (Å²) in [4.78, 5) is 14.9. The van der Waals surface area contributed by atoms with Gasteiger partial charge in [-0.2, -0.15) is 0 Å². The fourth-order valence-electron chi connectivity index (χ4n) is 2.03. The number of pyridine rings is 1. The van der Waals surface area contributed by atoms with Crippen LogP contribution < -0.4 is 4.74 Å². The molecule has 1 rings (SSSR count). The van der Waals surface area contributed by atoms with Crippen LogP contribution in [-0.2, 0) is 26.5 Å². The number of methoxy groups -OCH3 is 2. The second-order valence-electron chi connectivity index (χ2n) is 4.36. The summed E-state index contributed by atoms with van der Waals surface area (Å²) in [5, 5.41) is 10.6. The van der Waals surface area contributed by atoms with Gasteiger partial charge in [-0.15, -0.1) is 0 Å². The summed E-state index contributed by atoms with van der Waals surface area (Å²) in [6.07, 6.45) is 2.65. The highest BCUT2D eigenvalue weighted by atomic mass is 16.7. The van der Waals surface area contributed by atoms with Crippen LogP contribution in [0.3, 0.4) is 0 Å². The first kappa shape index (κ1) is 16.6. The van der Waals surface area contributed by atoms with Crippen molar-refractivity contribution < 1.29 is 24.1 Å². The summed E-state index contributed by atoms with van der Waals surface area (Å²) in [5.41, 5.74) is -0.0303. The zero-order valence-corrected chi connectivity index (χ0v) is 12.1. The Balaban J connectivity index is 3.18. The molecule has 1 N–H and O–H groups in total. The molecule has 0 aliphatic carbocycles. The minimum Gasteiger partial charge on any atom is -0.481 e. The van der Waals surface area contributed by atoms with E-state index >= 15 is 0 Å². The van der Waals surface area contributed by atoms with Crippen LogP contribution in [0.1, 0.15) is 30.9 Å². The van der Waals surface area contributed by atoms with Crippen LogP contribution in [0.25, 0.3) is 0 Å². The molecule has 112 valence electrons. The van der Waals surface area contributed by atoms with E-state index in [-0.39, 0.29) is 19.8 Å². The lowest BCUT2D eigenvalue weighted by molar-refractivity contribution is -0.113. The molecule has 0 saturated carbocycles. The van der Waals surface area contributed by atoms with E-state index in [0.717, 1.165) is 0 Å². The highest BCUT2D eigenvalue weighted by molar-refractivity contribution is 5.54. The van der Waals surface area contributed by atoms with Gasteiger partial charge >= 0.3 is 0 Å². The maximum atomic E-state index is 10.8. The molecule has 0 radical (unpaired) electrons. The number of carbonyl (C=O) groups is 1. The van der Waals surface area contributed by atoms with Crippen molar-refractivity contribution in [2.45, 2.75) is 32.0 Å². The van der Waals surface area contributed by atoms with Crippen molar-refractivity contribution in [2.24, 2.45) is 0 Å². The molecule has 0 unspecified atom stereocenters. The number of hydrogen-bond donors (Lipinski definition) is 1. The van der Waals surface area contributed by atoms with Crippen molar-refractivity contribution in [3.63, 3.8) is 0 Å². The lowest BCUT2D eigenvalue weighted by Gasteiger charge is -2.28. The molecule has 1 atom stereocenters. The van der Waals surface area contributed by atoms with Crippen molar-refractivity contribution >= 4 is 6.29 Å². The Morgan fingerprint density at radius 1 is 1.45 bits per heavy atom. The van der Waals surface area contributed by atoms with Gasteiger partial charge in [-0.25, -0.2) is 4.98 Å². The van der Waals surface area contributed by atoms with Crippen molar-refractivity contribution in [1.29, 1.82) is 0 Å². The van der Waals surface area contributed by atoms with Crippen LogP contribution in [0.2, 0.25) is 0 Å². The lowest BCUT2D eigenvalue weighted by Crippen LogP contribution is -2.27. The first-order chi connectivity index (χ1) is 9.62. The molecule has 0 aliphatic rings. The van der Waals surface area contributed by atoms with E-state index in [9.17, 15) is 9.90 Å². The Kier molecular flexibility index (Phi) is 6.57. The van der Waals surface area contributed by atoms with Gasteiger partial charge in [-0.3, -0.25) is 0 Å². The maximum Gasteiger partial charge on any atom is 0.218 e. The predicted octanol–water partition coefficient (Wildman–Crippen LogP) is 1.40. The smallest absolute Gasteiger partial charge is 0.218 e. The fraction of sp³-hybridized carbons (Fsp3) is 0.571. The molecule has 0 saturated heterocycles. The summed E-state index contributed by atoms with van der Waals surface area (Å²) in [5.74, 6) is 0.372. The van der Waals surface area contributed by atoms with Crippen molar-refractivity contribution in [2.75, 3.05) is 21.0 Å². The van der Waals surface area contributed by atoms with Gasteiger partial charge in [0.2, 0.25) is 5.88 Å². The minimum atomic E-state index is -1.25. The zero-order valence-electron chi connectivity index (χ0n) is 12.1. The zero-order chi connectivity index (χ0) is 15.0. The monoisotopic (exact) mass is 283 g/mol. The van der Waals surface area contributed by atoms with Gasteiger partial charge in [-0.05, 0) is 18.1 Å². The first-order valence-electron chi connectivity index (χ1n) is 6.38. The van der Waals surface area contributed by atoms with Gasteiger partial charge in [0.1, 0.15) is 13.1 Å². The van der Waals surface area contributed by atoms with Gasteiger partial charge in [0, 0.05) is 25.3 Å². The number of rotatable bonds is 9. The topological polar surface area (TPSA) is 77.9 Å². The molecule has 0 fully saturated rings. The molecule has 1 aromatic heterocycles. The molecular formula is C14H21NO5. The lowest BCUT2D eigenvalue weighted by atomic mass is 9.86. The third-order valence-electron chi connectivity index (χ3n) is 3.16. The number of ether oxygens (including phenoxy) is 3. The van der Waals surface area contributed by atoms with E-state index in [4.69, 9.17) is 14.2 Å². The molecule has 6 heteroatoms. The van der Waals surface area contributed by atoms with E-state index in [0.29, 0.717) is 29.7 Å². The van der Waals surface area contributed by atoms with Crippen LogP contribution in [0, 0.1) is 0 Å². The van der Waals surface area contributed by atoms with Crippen molar-refractivity contribution in [3.05, 3.63) is 23.4 Å². The molecule has 1 heterocycles. The normalized spacial score (nSPS) is 13.8. The third-order valence-corrected chi connectivity index (χ3v) is 3.16. The van der Waals surface area contributed by atoms with Crippen LogP contribution in [-0.4, -0.2) is 37.4 Å².